The smallest absolute Gasteiger partial charge is 0.274 e. The molecule has 0 saturated carbocycles. The van der Waals surface area contributed by atoms with E-state index in [1.165, 1.54) is 30.5 Å². The quantitative estimate of drug-likeness (QED) is 0.866. The van der Waals surface area contributed by atoms with Crippen molar-refractivity contribution in [2.75, 3.05) is 28.3 Å². The minimum Gasteiger partial charge on any atom is -0.368 e. The Bertz CT molecular complexity index is 900. The molecular weight excluding hydrogens is 357 g/mol. The first-order valence-corrected chi connectivity index (χ1v) is 10.2. The maximum absolute atomic E-state index is 13.0. The van der Waals surface area contributed by atoms with Crippen molar-refractivity contribution < 1.29 is 17.6 Å². The molecule has 138 valence electrons. The number of rotatable bonds is 5. The van der Waals surface area contributed by atoms with Gasteiger partial charge in [-0.15, -0.1) is 0 Å². The van der Waals surface area contributed by atoms with Crippen LogP contribution in [0.3, 0.4) is 0 Å². The van der Waals surface area contributed by atoms with Crippen LogP contribution in [0.4, 0.5) is 15.8 Å². The molecule has 0 radical (unpaired) electrons. The third-order valence-corrected chi connectivity index (χ3v) is 6.15. The summed E-state index contributed by atoms with van der Waals surface area (Å²) >= 11 is 0. The molecule has 1 unspecified atom stereocenters. The molecule has 1 aliphatic rings. The molecule has 1 aromatic carbocycles. The molecule has 0 aliphatic carbocycles. The van der Waals surface area contributed by atoms with Crippen LogP contribution in [0.1, 0.15) is 23.8 Å². The van der Waals surface area contributed by atoms with E-state index in [1.807, 2.05) is 11.8 Å². The number of aromatic nitrogens is 1. The first-order chi connectivity index (χ1) is 12.4. The number of halogens is 1. The molecule has 6 nitrogen and oxygen atoms in total. The fraction of sp³-hybridized carbons (Fsp3) is 0.333. The van der Waals surface area contributed by atoms with Crippen molar-refractivity contribution in [2.45, 2.75) is 19.4 Å². The maximum atomic E-state index is 13.0. The van der Waals surface area contributed by atoms with Crippen LogP contribution in [-0.2, 0) is 9.84 Å². The number of nitrogens with one attached hydrogen (secondary N) is 1. The van der Waals surface area contributed by atoms with Gasteiger partial charge in [-0.1, -0.05) is 0 Å². The Kier molecular flexibility index (Phi) is 5.22. The van der Waals surface area contributed by atoms with E-state index < -0.39 is 15.7 Å². The summed E-state index contributed by atoms with van der Waals surface area (Å²) in [6.07, 6.45) is 2.11. The summed E-state index contributed by atoms with van der Waals surface area (Å²) in [4.78, 5) is 18.5. The largest absolute Gasteiger partial charge is 0.368 e. The number of amides is 1. The maximum Gasteiger partial charge on any atom is 0.274 e. The van der Waals surface area contributed by atoms with Crippen molar-refractivity contribution >= 4 is 27.1 Å². The highest BCUT2D eigenvalue weighted by Gasteiger charge is 2.32. The Morgan fingerprint density at radius 3 is 2.65 bits per heavy atom. The Hall–Kier alpha value is -2.48. The van der Waals surface area contributed by atoms with Gasteiger partial charge in [0.2, 0.25) is 0 Å². The predicted octanol–water partition coefficient (Wildman–Crippen LogP) is 2.49. The zero-order valence-electron chi connectivity index (χ0n) is 14.4. The minimum atomic E-state index is -3.00. The van der Waals surface area contributed by atoms with Gasteiger partial charge in [0, 0.05) is 30.2 Å². The van der Waals surface area contributed by atoms with Gasteiger partial charge in [0.05, 0.1) is 11.5 Å². The van der Waals surface area contributed by atoms with Gasteiger partial charge in [-0.3, -0.25) is 9.78 Å². The van der Waals surface area contributed by atoms with Gasteiger partial charge in [0.25, 0.3) is 5.91 Å². The van der Waals surface area contributed by atoms with Crippen molar-refractivity contribution in [1.82, 2.24) is 4.98 Å². The number of sulfone groups is 1. The molecule has 8 heteroatoms. The summed E-state index contributed by atoms with van der Waals surface area (Å²) in [5, 5.41) is 2.67. The molecule has 3 rings (SSSR count). The lowest BCUT2D eigenvalue weighted by Crippen LogP contribution is -2.36. The number of pyridine rings is 1. The highest BCUT2D eigenvalue weighted by Crippen LogP contribution is 2.24. The lowest BCUT2D eigenvalue weighted by molar-refractivity contribution is 0.102. The molecule has 1 N–H and O–H groups in total. The van der Waals surface area contributed by atoms with E-state index in [1.54, 1.807) is 12.1 Å². The lowest BCUT2D eigenvalue weighted by Gasteiger charge is -2.29. The van der Waals surface area contributed by atoms with E-state index >= 15 is 0 Å². The highest BCUT2D eigenvalue weighted by atomic mass is 32.2. The summed E-state index contributed by atoms with van der Waals surface area (Å²) in [6, 6.07) is 8.78. The van der Waals surface area contributed by atoms with Crippen LogP contribution in [-0.4, -0.2) is 43.4 Å². The van der Waals surface area contributed by atoms with E-state index in [-0.39, 0.29) is 29.1 Å². The van der Waals surface area contributed by atoms with Crippen molar-refractivity contribution in [2.24, 2.45) is 0 Å². The molecule has 2 aromatic rings. The van der Waals surface area contributed by atoms with Crippen LogP contribution in [0.15, 0.2) is 42.6 Å². The second-order valence-corrected chi connectivity index (χ2v) is 8.43. The number of anilines is 2. The van der Waals surface area contributed by atoms with Gasteiger partial charge in [0.15, 0.2) is 9.84 Å². The summed E-state index contributed by atoms with van der Waals surface area (Å²) in [5.74, 6) is -0.473. The monoisotopic (exact) mass is 377 g/mol. The Morgan fingerprint density at radius 2 is 2.04 bits per heavy atom. The summed E-state index contributed by atoms with van der Waals surface area (Å²) < 4.78 is 36.5. The molecule has 1 amide bonds. The van der Waals surface area contributed by atoms with E-state index in [2.05, 4.69) is 10.3 Å². The van der Waals surface area contributed by atoms with Gasteiger partial charge >= 0.3 is 0 Å². The molecular formula is C18H20FN3O3S. The molecule has 0 spiro atoms. The molecule has 26 heavy (non-hydrogen) atoms. The highest BCUT2D eigenvalue weighted by molar-refractivity contribution is 7.91. The summed E-state index contributed by atoms with van der Waals surface area (Å²) in [5.41, 5.74) is 1.44. The van der Waals surface area contributed by atoms with Gasteiger partial charge in [-0.05, 0) is 49.7 Å². The van der Waals surface area contributed by atoms with E-state index in [0.29, 0.717) is 18.7 Å². The van der Waals surface area contributed by atoms with Crippen LogP contribution < -0.4 is 10.2 Å². The average molecular weight is 377 g/mol. The van der Waals surface area contributed by atoms with Gasteiger partial charge in [-0.25, -0.2) is 12.8 Å². The van der Waals surface area contributed by atoms with Gasteiger partial charge in [0.1, 0.15) is 11.5 Å². The minimum absolute atomic E-state index is 0.0968. The molecule has 1 atom stereocenters. The second-order valence-electron chi connectivity index (χ2n) is 6.20. The molecule has 1 aliphatic heterocycles. The van der Waals surface area contributed by atoms with Crippen molar-refractivity contribution in [3.05, 3.63) is 54.1 Å². The number of carbonyl (C=O) groups excluding carboxylic acids is 1. The van der Waals surface area contributed by atoms with Gasteiger partial charge in [-0.2, -0.15) is 0 Å². The Morgan fingerprint density at radius 1 is 1.31 bits per heavy atom. The second kappa shape index (κ2) is 7.41. The van der Waals surface area contributed by atoms with Crippen LogP contribution in [0.2, 0.25) is 0 Å². The Labute approximate surface area is 152 Å². The fourth-order valence-corrected chi connectivity index (χ4v) is 4.85. The van der Waals surface area contributed by atoms with Crippen LogP contribution in [0, 0.1) is 5.82 Å². The molecule has 1 saturated heterocycles. The normalized spacial score (nSPS) is 18.5. The van der Waals surface area contributed by atoms with Crippen LogP contribution in [0.5, 0.6) is 0 Å². The van der Waals surface area contributed by atoms with Gasteiger partial charge < -0.3 is 10.2 Å². The number of carbonyl (C=O) groups is 1. The van der Waals surface area contributed by atoms with E-state index in [4.69, 9.17) is 0 Å². The molecule has 1 aromatic heterocycles. The first-order valence-electron chi connectivity index (χ1n) is 8.38. The lowest BCUT2D eigenvalue weighted by atomic mass is 10.2. The fourth-order valence-electron chi connectivity index (χ4n) is 3.12. The number of benzene rings is 1. The van der Waals surface area contributed by atoms with Crippen LogP contribution in [0.25, 0.3) is 0 Å². The van der Waals surface area contributed by atoms with Crippen molar-refractivity contribution in [3.8, 4) is 0 Å². The van der Waals surface area contributed by atoms with Crippen LogP contribution >= 0.6 is 0 Å². The molecule has 0 bridgehead atoms. The predicted molar refractivity (Wildman–Crippen MR) is 98.7 cm³/mol. The number of hydrogen-bond acceptors (Lipinski definition) is 5. The molecule has 2 heterocycles. The molecule has 1 fully saturated rings. The number of nitrogens with zero attached hydrogens (tertiary/aromatic N) is 2. The van der Waals surface area contributed by atoms with Crippen molar-refractivity contribution in [3.63, 3.8) is 0 Å². The Balaban J connectivity index is 1.78. The zero-order valence-corrected chi connectivity index (χ0v) is 15.2. The zero-order chi connectivity index (χ0) is 18.7. The summed E-state index contributed by atoms with van der Waals surface area (Å²) in [7, 11) is -3.00. The first kappa shape index (κ1) is 18.3. The van der Waals surface area contributed by atoms with Crippen molar-refractivity contribution in [1.29, 1.82) is 0 Å². The standard InChI is InChI=1S/C18H20FN3O3S/c1-2-22(16-8-10-26(24,25)12-16)15-7-9-20-17(11-15)18(23)21-14-5-3-13(19)4-6-14/h3-7,9,11,16H,2,8,10,12H2,1H3,(H,21,23). The van der Waals surface area contributed by atoms with E-state index in [0.717, 1.165) is 5.69 Å². The summed E-state index contributed by atoms with van der Waals surface area (Å²) in [6.45, 7) is 2.58. The third-order valence-electron chi connectivity index (χ3n) is 4.40. The number of hydrogen-bond donors (Lipinski definition) is 1. The van der Waals surface area contributed by atoms with E-state index in [9.17, 15) is 17.6 Å². The average Bonchev–Trinajstić information content (AvgIpc) is 2.97. The third kappa shape index (κ3) is 4.19. The SMILES string of the molecule is CCN(c1ccnc(C(=O)Nc2ccc(F)cc2)c1)C1CCS(=O)(=O)C1. The topological polar surface area (TPSA) is 79.4 Å².